The Morgan fingerprint density at radius 2 is 1.65 bits per heavy atom. The minimum Gasteiger partial charge on any atom is -0.356 e. The molecule has 0 radical (unpaired) electrons. The van der Waals surface area contributed by atoms with Crippen molar-refractivity contribution in [2.75, 3.05) is 18.0 Å². The highest BCUT2D eigenvalue weighted by Crippen LogP contribution is 2.45. The van der Waals surface area contributed by atoms with Gasteiger partial charge in [-0.15, -0.1) is 0 Å². The molecule has 162 valence electrons. The molecule has 6 heteroatoms. The molecule has 31 heavy (non-hydrogen) atoms. The van der Waals surface area contributed by atoms with Gasteiger partial charge in [0.2, 0.25) is 5.91 Å². The second-order valence-electron chi connectivity index (χ2n) is 8.66. The van der Waals surface area contributed by atoms with E-state index in [9.17, 15) is 14.4 Å². The first-order valence-corrected chi connectivity index (χ1v) is 11.1. The molecule has 2 aromatic carbocycles. The van der Waals surface area contributed by atoms with Crippen LogP contribution in [0, 0.1) is 5.92 Å². The molecular formula is C25H29N3O3. The molecule has 2 aliphatic heterocycles. The number of amides is 3. The van der Waals surface area contributed by atoms with Crippen molar-refractivity contribution >= 4 is 23.4 Å². The Kier molecular flexibility index (Phi) is 6.07. The molecule has 2 aliphatic rings. The summed E-state index contributed by atoms with van der Waals surface area (Å²) in [6, 6.07) is 14.9. The minimum atomic E-state index is -0.402. The summed E-state index contributed by atoms with van der Waals surface area (Å²) in [5.41, 5.74) is 2.77. The average molecular weight is 420 g/mol. The normalized spacial score (nSPS) is 16.9. The fourth-order valence-electron chi connectivity index (χ4n) is 4.35. The van der Waals surface area contributed by atoms with E-state index < -0.39 is 6.17 Å². The van der Waals surface area contributed by atoms with Gasteiger partial charge in [0.05, 0.1) is 11.3 Å². The Labute approximate surface area is 183 Å². The minimum absolute atomic E-state index is 0.0453. The van der Waals surface area contributed by atoms with Crippen molar-refractivity contribution in [2.24, 2.45) is 5.92 Å². The van der Waals surface area contributed by atoms with Crippen LogP contribution in [0.3, 0.4) is 0 Å². The molecule has 0 saturated heterocycles. The quantitative estimate of drug-likeness (QED) is 0.654. The van der Waals surface area contributed by atoms with Crippen molar-refractivity contribution in [3.63, 3.8) is 0 Å². The Morgan fingerprint density at radius 3 is 2.42 bits per heavy atom. The van der Waals surface area contributed by atoms with Crippen LogP contribution in [0.25, 0.3) is 0 Å². The van der Waals surface area contributed by atoms with E-state index in [0.717, 1.165) is 24.8 Å². The van der Waals surface area contributed by atoms with Crippen LogP contribution in [0.2, 0.25) is 0 Å². The summed E-state index contributed by atoms with van der Waals surface area (Å²) >= 11 is 0. The van der Waals surface area contributed by atoms with Gasteiger partial charge in [-0.05, 0) is 37.0 Å². The van der Waals surface area contributed by atoms with Gasteiger partial charge in [-0.1, -0.05) is 50.6 Å². The number of para-hydroxylation sites is 1. The van der Waals surface area contributed by atoms with Crippen LogP contribution < -0.4 is 10.2 Å². The summed E-state index contributed by atoms with van der Waals surface area (Å²) < 4.78 is 0. The van der Waals surface area contributed by atoms with Crippen LogP contribution in [-0.2, 0) is 4.79 Å². The van der Waals surface area contributed by atoms with Crippen LogP contribution >= 0.6 is 0 Å². The van der Waals surface area contributed by atoms with Gasteiger partial charge in [0.15, 0.2) is 0 Å². The van der Waals surface area contributed by atoms with Crippen LogP contribution in [0.5, 0.6) is 0 Å². The summed E-state index contributed by atoms with van der Waals surface area (Å²) in [6.45, 7) is 5.39. The molecule has 0 unspecified atom stereocenters. The molecule has 3 amide bonds. The van der Waals surface area contributed by atoms with E-state index in [1.54, 1.807) is 11.0 Å². The monoisotopic (exact) mass is 419 g/mol. The number of fused-ring (bicyclic) bond motifs is 5. The molecule has 1 atom stereocenters. The summed E-state index contributed by atoms with van der Waals surface area (Å²) in [4.78, 5) is 41.9. The van der Waals surface area contributed by atoms with Gasteiger partial charge in [-0.2, -0.15) is 0 Å². The predicted octanol–water partition coefficient (Wildman–Crippen LogP) is 4.13. The number of benzene rings is 2. The zero-order chi connectivity index (χ0) is 22.0. The lowest BCUT2D eigenvalue weighted by molar-refractivity contribution is -0.121. The summed E-state index contributed by atoms with van der Waals surface area (Å²) in [7, 11) is 0. The van der Waals surface area contributed by atoms with E-state index in [4.69, 9.17) is 0 Å². The number of anilines is 1. The molecule has 0 aromatic heterocycles. The van der Waals surface area contributed by atoms with E-state index >= 15 is 0 Å². The summed E-state index contributed by atoms with van der Waals surface area (Å²) in [5.74, 6) is 0.415. The van der Waals surface area contributed by atoms with Crippen molar-refractivity contribution in [2.45, 2.75) is 45.7 Å². The number of hydrogen-bond acceptors (Lipinski definition) is 3. The summed E-state index contributed by atoms with van der Waals surface area (Å²) in [5, 5.41) is 2.94. The van der Waals surface area contributed by atoms with Gasteiger partial charge in [-0.25, -0.2) is 0 Å². The number of rotatable bonds is 8. The van der Waals surface area contributed by atoms with Crippen LogP contribution in [-0.4, -0.2) is 35.7 Å². The lowest BCUT2D eigenvalue weighted by Gasteiger charge is -2.41. The maximum atomic E-state index is 13.3. The van der Waals surface area contributed by atoms with E-state index in [-0.39, 0.29) is 17.7 Å². The van der Waals surface area contributed by atoms with Crippen LogP contribution in [0.15, 0.2) is 48.5 Å². The first kappa shape index (κ1) is 21.1. The highest BCUT2D eigenvalue weighted by molar-refractivity contribution is 6.16. The second-order valence-corrected chi connectivity index (χ2v) is 8.66. The first-order valence-electron chi connectivity index (χ1n) is 11.1. The van der Waals surface area contributed by atoms with Gasteiger partial charge in [0.25, 0.3) is 11.8 Å². The van der Waals surface area contributed by atoms with E-state index in [1.807, 2.05) is 47.4 Å². The lowest BCUT2D eigenvalue weighted by atomic mass is 10.0. The van der Waals surface area contributed by atoms with E-state index in [2.05, 4.69) is 19.2 Å². The van der Waals surface area contributed by atoms with Crippen molar-refractivity contribution in [1.82, 2.24) is 10.2 Å². The standard InChI is InChI=1S/C25H29N3O3/c1-17(2)16-26-22(29)14-4-3-9-15-27-23-18-10-5-6-11-19(18)25(31)28(23)21-13-8-7-12-20(21)24(27)30/h5-8,10-13,17,23H,3-4,9,14-16H2,1-2H3,(H,26,29)/t23-/m1/s1. The maximum absolute atomic E-state index is 13.3. The molecule has 0 bridgehead atoms. The molecule has 0 spiro atoms. The second kappa shape index (κ2) is 8.92. The van der Waals surface area contributed by atoms with Crippen molar-refractivity contribution < 1.29 is 14.4 Å². The molecule has 0 aliphatic carbocycles. The Morgan fingerprint density at radius 1 is 0.935 bits per heavy atom. The summed E-state index contributed by atoms with van der Waals surface area (Å²) in [6.07, 6.45) is 2.52. The Balaban J connectivity index is 1.46. The third kappa shape index (κ3) is 4.07. The number of unbranched alkanes of at least 4 members (excludes halogenated alkanes) is 2. The molecule has 0 fully saturated rings. The lowest BCUT2D eigenvalue weighted by Crippen LogP contribution is -2.48. The molecule has 2 heterocycles. The molecule has 0 saturated carbocycles. The number of carbonyl (C=O) groups is 3. The largest absolute Gasteiger partial charge is 0.356 e. The highest BCUT2D eigenvalue weighted by atomic mass is 16.2. The molecule has 2 aromatic rings. The third-order valence-electron chi connectivity index (χ3n) is 5.89. The third-order valence-corrected chi connectivity index (χ3v) is 5.89. The molecule has 6 nitrogen and oxygen atoms in total. The average Bonchev–Trinajstić information content (AvgIpc) is 3.07. The zero-order valence-electron chi connectivity index (χ0n) is 18.1. The predicted molar refractivity (Wildman–Crippen MR) is 120 cm³/mol. The Bertz CT molecular complexity index is 1000. The SMILES string of the molecule is CC(C)CNC(=O)CCCCCN1C(=O)c2ccccc2N2C(=O)c3ccccc3[C@H]12. The zero-order valence-corrected chi connectivity index (χ0v) is 18.1. The fourth-order valence-corrected chi connectivity index (χ4v) is 4.35. The van der Waals surface area contributed by atoms with Gasteiger partial charge >= 0.3 is 0 Å². The molecular weight excluding hydrogens is 390 g/mol. The number of hydrogen-bond donors (Lipinski definition) is 1. The maximum Gasteiger partial charge on any atom is 0.260 e. The number of carbonyl (C=O) groups excluding carboxylic acids is 3. The molecule has 1 N–H and O–H groups in total. The first-order chi connectivity index (χ1) is 15.0. The smallest absolute Gasteiger partial charge is 0.260 e. The molecule has 4 rings (SSSR count). The van der Waals surface area contributed by atoms with Gasteiger partial charge in [-0.3, -0.25) is 19.3 Å². The van der Waals surface area contributed by atoms with Gasteiger partial charge in [0, 0.05) is 30.6 Å². The van der Waals surface area contributed by atoms with Crippen LogP contribution in [0.1, 0.15) is 72.0 Å². The Hall–Kier alpha value is -3.15. The topological polar surface area (TPSA) is 69.7 Å². The van der Waals surface area contributed by atoms with Crippen LogP contribution in [0.4, 0.5) is 5.69 Å². The van der Waals surface area contributed by atoms with E-state index in [0.29, 0.717) is 42.2 Å². The van der Waals surface area contributed by atoms with Gasteiger partial charge in [0.1, 0.15) is 6.17 Å². The number of nitrogens with one attached hydrogen (secondary N) is 1. The van der Waals surface area contributed by atoms with Crippen molar-refractivity contribution in [3.8, 4) is 0 Å². The fraction of sp³-hybridized carbons (Fsp3) is 0.400. The van der Waals surface area contributed by atoms with Gasteiger partial charge < -0.3 is 10.2 Å². The highest BCUT2D eigenvalue weighted by Gasteiger charge is 2.47. The van der Waals surface area contributed by atoms with Crippen molar-refractivity contribution in [1.29, 1.82) is 0 Å². The van der Waals surface area contributed by atoms with Crippen molar-refractivity contribution in [3.05, 3.63) is 65.2 Å². The number of nitrogens with zero attached hydrogens (tertiary/aromatic N) is 2. The van der Waals surface area contributed by atoms with E-state index in [1.165, 1.54) is 0 Å².